The third-order valence-electron chi connectivity index (χ3n) is 3.42. The molecule has 0 atom stereocenters. The summed E-state index contributed by atoms with van der Waals surface area (Å²) in [5.74, 6) is 0.526. The van der Waals surface area contributed by atoms with E-state index in [9.17, 15) is 4.79 Å². The summed E-state index contributed by atoms with van der Waals surface area (Å²) in [6.07, 6.45) is 2.48. The van der Waals surface area contributed by atoms with Crippen LogP contribution in [0.5, 0.6) is 5.75 Å². The summed E-state index contributed by atoms with van der Waals surface area (Å²) in [5.41, 5.74) is -0.324. The number of esters is 1. The lowest BCUT2D eigenvalue weighted by atomic mass is 9.80. The number of carbonyl (C=O) groups excluding carboxylic acids is 1. The summed E-state index contributed by atoms with van der Waals surface area (Å²) in [5, 5.41) is 0. The van der Waals surface area contributed by atoms with E-state index < -0.39 is 0 Å². The highest BCUT2D eigenvalue weighted by Gasteiger charge is 2.34. The van der Waals surface area contributed by atoms with Gasteiger partial charge in [0.15, 0.2) is 0 Å². The fourth-order valence-electron chi connectivity index (χ4n) is 1.89. The van der Waals surface area contributed by atoms with Crippen molar-refractivity contribution < 1.29 is 9.53 Å². The molecule has 0 amide bonds. The summed E-state index contributed by atoms with van der Waals surface area (Å²) in [7, 11) is 0. The first-order valence-electron chi connectivity index (χ1n) is 5.96. The second kappa shape index (κ2) is 7.07. The van der Waals surface area contributed by atoms with Gasteiger partial charge in [0.05, 0.1) is 5.41 Å². The van der Waals surface area contributed by atoms with Crippen molar-refractivity contribution in [2.24, 2.45) is 5.41 Å². The van der Waals surface area contributed by atoms with Crippen LogP contribution in [0, 0.1) is 5.41 Å². The summed E-state index contributed by atoms with van der Waals surface area (Å²) < 4.78 is 5.41. The van der Waals surface area contributed by atoms with Gasteiger partial charge in [-0.2, -0.15) is 0 Å². The number of carbonyl (C=O) groups is 1. The third-order valence-corrected chi connectivity index (χ3v) is 3.42. The lowest BCUT2D eigenvalue weighted by Crippen LogP contribution is -2.33. The smallest absolute Gasteiger partial charge is 0.317 e. The molecule has 0 aromatic heterocycles. The maximum Gasteiger partial charge on any atom is 0.317 e. The van der Waals surface area contributed by atoms with Gasteiger partial charge < -0.3 is 10.9 Å². The maximum atomic E-state index is 12.1. The Kier molecular flexibility index (Phi) is 6.51. The first-order valence-corrected chi connectivity index (χ1v) is 5.96. The molecule has 3 N–H and O–H groups in total. The average molecular weight is 237 g/mol. The Morgan fingerprint density at radius 3 is 1.94 bits per heavy atom. The van der Waals surface area contributed by atoms with Gasteiger partial charge in [0.1, 0.15) is 5.75 Å². The minimum absolute atomic E-state index is 0. The van der Waals surface area contributed by atoms with Crippen LogP contribution in [0.15, 0.2) is 30.3 Å². The van der Waals surface area contributed by atoms with E-state index in [2.05, 4.69) is 0 Å². The minimum Gasteiger partial charge on any atom is -0.426 e. The minimum atomic E-state index is -0.324. The Hall–Kier alpha value is -1.35. The Bertz CT molecular complexity index is 323. The van der Waals surface area contributed by atoms with Crippen LogP contribution < -0.4 is 10.9 Å². The normalized spacial score (nSPS) is 10.5. The van der Waals surface area contributed by atoms with E-state index in [1.54, 1.807) is 0 Å². The second-order valence-electron chi connectivity index (χ2n) is 4.04. The highest BCUT2D eigenvalue weighted by Crippen LogP contribution is 2.32. The fourth-order valence-corrected chi connectivity index (χ4v) is 1.89. The molecular weight excluding hydrogens is 214 g/mol. The number of benzene rings is 1. The van der Waals surface area contributed by atoms with E-state index in [0.29, 0.717) is 5.75 Å². The van der Waals surface area contributed by atoms with Crippen molar-refractivity contribution >= 4 is 5.97 Å². The van der Waals surface area contributed by atoms with Gasteiger partial charge in [-0.15, -0.1) is 0 Å². The largest absolute Gasteiger partial charge is 0.426 e. The lowest BCUT2D eigenvalue weighted by Gasteiger charge is -2.27. The summed E-state index contributed by atoms with van der Waals surface area (Å²) in [6, 6.07) is 9.26. The molecule has 96 valence electrons. The van der Waals surface area contributed by atoms with Crippen LogP contribution in [-0.4, -0.2) is 5.97 Å². The van der Waals surface area contributed by atoms with Crippen LogP contribution in [0.1, 0.15) is 40.0 Å². The topological polar surface area (TPSA) is 61.3 Å². The molecule has 0 aliphatic carbocycles. The second-order valence-corrected chi connectivity index (χ2v) is 4.04. The zero-order valence-electron chi connectivity index (χ0n) is 11.0. The molecule has 3 heteroatoms. The third kappa shape index (κ3) is 3.56. The van der Waals surface area contributed by atoms with Gasteiger partial charge in [-0.1, -0.05) is 39.0 Å². The quantitative estimate of drug-likeness (QED) is 0.622. The first kappa shape index (κ1) is 15.7. The van der Waals surface area contributed by atoms with E-state index in [1.165, 1.54) is 0 Å². The van der Waals surface area contributed by atoms with Gasteiger partial charge in [-0.3, -0.25) is 4.79 Å². The van der Waals surface area contributed by atoms with Gasteiger partial charge in [0.25, 0.3) is 0 Å². The van der Waals surface area contributed by atoms with Crippen LogP contribution in [0.4, 0.5) is 0 Å². The molecule has 0 radical (unpaired) electrons. The summed E-state index contributed by atoms with van der Waals surface area (Å²) >= 11 is 0. The van der Waals surface area contributed by atoms with E-state index >= 15 is 0 Å². The molecule has 3 nitrogen and oxygen atoms in total. The molecule has 0 heterocycles. The highest BCUT2D eigenvalue weighted by molar-refractivity contribution is 5.79. The van der Waals surface area contributed by atoms with Crippen molar-refractivity contribution in [3.8, 4) is 5.75 Å². The van der Waals surface area contributed by atoms with E-state index in [4.69, 9.17) is 4.74 Å². The molecule has 1 aromatic rings. The van der Waals surface area contributed by atoms with Crippen LogP contribution in [0.3, 0.4) is 0 Å². The molecule has 0 aliphatic heterocycles. The Balaban J connectivity index is 0.00000256. The molecule has 0 aliphatic rings. The molecule has 0 spiro atoms. The number of hydrogen-bond acceptors (Lipinski definition) is 3. The van der Waals surface area contributed by atoms with Crippen molar-refractivity contribution in [3.05, 3.63) is 30.3 Å². The Morgan fingerprint density at radius 1 is 1.06 bits per heavy atom. The number of rotatable bonds is 5. The summed E-state index contributed by atoms with van der Waals surface area (Å²) in [6.45, 7) is 6.12. The van der Waals surface area contributed by atoms with E-state index in [-0.39, 0.29) is 17.5 Å². The molecule has 0 unspecified atom stereocenters. The van der Waals surface area contributed by atoms with Gasteiger partial charge in [0.2, 0.25) is 0 Å². The van der Waals surface area contributed by atoms with Crippen LogP contribution in [0.25, 0.3) is 0 Å². The maximum absolute atomic E-state index is 12.1. The molecule has 17 heavy (non-hydrogen) atoms. The van der Waals surface area contributed by atoms with Gasteiger partial charge >= 0.3 is 5.97 Å². The average Bonchev–Trinajstić information content (AvgIpc) is 2.33. The van der Waals surface area contributed by atoms with Crippen LogP contribution in [0.2, 0.25) is 0 Å². The zero-order valence-corrected chi connectivity index (χ0v) is 11.0. The summed E-state index contributed by atoms with van der Waals surface area (Å²) in [4.78, 5) is 12.1. The number of ether oxygens (including phenoxy) is 1. The first-order chi connectivity index (χ1) is 7.68. The SMILES string of the molecule is CCC(CC)(CC)C(=O)Oc1ccccc1.N. The highest BCUT2D eigenvalue weighted by atomic mass is 16.5. The van der Waals surface area contributed by atoms with Crippen molar-refractivity contribution in [1.82, 2.24) is 6.15 Å². The van der Waals surface area contributed by atoms with Crippen molar-refractivity contribution in [2.45, 2.75) is 40.0 Å². The molecule has 0 saturated heterocycles. The molecule has 0 saturated carbocycles. The number of para-hydroxylation sites is 1. The predicted molar refractivity (Wildman–Crippen MR) is 70.4 cm³/mol. The van der Waals surface area contributed by atoms with Crippen molar-refractivity contribution in [1.29, 1.82) is 0 Å². The molecule has 1 aromatic carbocycles. The Labute approximate surface area is 104 Å². The predicted octanol–water partition coefficient (Wildman–Crippen LogP) is 3.97. The zero-order chi connectivity index (χ0) is 12.0. The van der Waals surface area contributed by atoms with Gasteiger partial charge in [0, 0.05) is 0 Å². The molecule has 0 bridgehead atoms. The van der Waals surface area contributed by atoms with Crippen molar-refractivity contribution in [2.75, 3.05) is 0 Å². The Morgan fingerprint density at radius 2 is 1.53 bits per heavy atom. The van der Waals surface area contributed by atoms with Crippen LogP contribution >= 0.6 is 0 Å². The van der Waals surface area contributed by atoms with Crippen LogP contribution in [-0.2, 0) is 4.79 Å². The molecule has 0 fully saturated rings. The molecule has 1 rings (SSSR count). The van der Waals surface area contributed by atoms with Crippen molar-refractivity contribution in [3.63, 3.8) is 0 Å². The molecular formula is C14H23NO2. The fraction of sp³-hybridized carbons (Fsp3) is 0.500. The number of hydrogen-bond donors (Lipinski definition) is 1. The lowest BCUT2D eigenvalue weighted by molar-refractivity contribution is -0.146. The van der Waals surface area contributed by atoms with Gasteiger partial charge in [-0.05, 0) is 31.4 Å². The monoisotopic (exact) mass is 237 g/mol. The van der Waals surface area contributed by atoms with E-state index in [0.717, 1.165) is 19.3 Å². The van der Waals surface area contributed by atoms with E-state index in [1.807, 2.05) is 51.1 Å². The van der Waals surface area contributed by atoms with Gasteiger partial charge in [-0.25, -0.2) is 0 Å². The standard InChI is InChI=1S/C14H20O2.H3N/c1-4-14(5-2,6-3)13(15)16-12-10-8-7-9-11-12;/h7-11H,4-6H2,1-3H3;1H3.